The summed E-state index contributed by atoms with van der Waals surface area (Å²) in [5.41, 5.74) is 1.75. The SMILES string of the molecule is O=C(C=Cc1cc(Cl)cc2c1OCOC2)c1cc(Br)ccc1O. The zero-order valence-electron chi connectivity index (χ0n) is 11.9. The van der Waals surface area contributed by atoms with Crippen LogP contribution in [-0.4, -0.2) is 17.7 Å². The molecule has 1 aliphatic rings. The molecular formula is C17H12BrClO4. The predicted molar refractivity (Wildman–Crippen MR) is 90.9 cm³/mol. The van der Waals surface area contributed by atoms with Gasteiger partial charge in [-0.25, -0.2) is 0 Å². The molecule has 23 heavy (non-hydrogen) atoms. The minimum Gasteiger partial charge on any atom is -0.507 e. The van der Waals surface area contributed by atoms with E-state index < -0.39 is 0 Å². The van der Waals surface area contributed by atoms with E-state index >= 15 is 0 Å². The van der Waals surface area contributed by atoms with E-state index in [1.807, 2.05) is 0 Å². The summed E-state index contributed by atoms with van der Waals surface area (Å²) >= 11 is 9.36. The quantitative estimate of drug-likeness (QED) is 0.611. The summed E-state index contributed by atoms with van der Waals surface area (Å²) in [6.45, 7) is 0.576. The van der Waals surface area contributed by atoms with E-state index in [1.165, 1.54) is 12.1 Å². The summed E-state index contributed by atoms with van der Waals surface area (Å²) in [5, 5.41) is 10.3. The predicted octanol–water partition coefficient (Wildman–Crippen LogP) is 4.57. The third-order valence-corrected chi connectivity index (χ3v) is 4.05. The molecule has 4 nitrogen and oxygen atoms in total. The maximum Gasteiger partial charge on any atom is 0.189 e. The fourth-order valence-electron chi connectivity index (χ4n) is 2.29. The Kier molecular flexibility index (Phi) is 4.71. The fraction of sp³-hybridized carbons (Fsp3) is 0.118. The Balaban J connectivity index is 1.92. The van der Waals surface area contributed by atoms with Crippen LogP contribution in [0.2, 0.25) is 5.02 Å². The summed E-state index contributed by atoms with van der Waals surface area (Å²) in [5.74, 6) is 0.272. The Bertz CT molecular complexity index is 801. The van der Waals surface area contributed by atoms with Gasteiger partial charge in [0.25, 0.3) is 0 Å². The van der Waals surface area contributed by atoms with Crippen LogP contribution in [0.15, 0.2) is 40.9 Å². The van der Waals surface area contributed by atoms with Crippen LogP contribution in [0.5, 0.6) is 11.5 Å². The molecule has 1 aliphatic heterocycles. The minimum atomic E-state index is -0.315. The topological polar surface area (TPSA) is 55.8 Å². The highest BCUT2D eigenvalue weighted by Gasteiger charge is 2.15. The molecule has 0 radical (unpaired) electrons. The van der Waals surface area contributed by atoms with E-state index in [0.717, 1.165) is 5.56 Å². The number of rotatable bonds is 3. The molecule has 0 amide bonds. The average Bonchev–Trinajstić information content (AvgIpc) is 2.54. The maximum atomic E-state index is 12.3. The van der Waals surface area contributed by atoms with Crippen LogP contribution in [-0.2, 0) is 11.3 Å². The van der Waals surface area contributed by atoms with Crippen molar-refractivity contribution in [3.8, 4) is 11.5 Å². The van der Waals surface area contributed by atoms with Crippen molar-refractivity contribution in [2.24, 2.45) is 0 Å². The molecule has 0 unspecified atom stereocenters. The van der Waals surface area contributed by atoms with Gasteiger partial charge in [-0.2, -0.15) is 0 Å². The molecule has 2 aromatic rings. The lowest BCUT2D eigenvalue weighted by Crippen LogP contribution is -2.12. The van der Waals surface area contributed by atoms with Crippen LogP contribution in [0.4, 0.5) is 0 Å². The number of ether oxygens (including phenoxy) is 2. The van der Waals surface area contributed by atoms with E-state index in [2.05, 4.69) is 15.9 Å². The van der Waals surface area contributed by atoms with E-state index in [-0.39, 0.29) is 23.9 Å². The average molecular weight is 396 g/mol. The first kappa shape index (κ1) is 16.1. The zero-order chi connectivity index (χ0) is 16.4. The third-order valence-electron chi connectivity index (χ3n) is 3.34. The lowest BCUT2D eigenvalue weighted by Gasteiger charge is -2.19. The fourth-order valence-corrected chi connectivity index (χ4v) is 2.90. The second kappa shape index (κ2) is 6.74. The van der Waals surface area contributed by atoms with Crippen LogP contribution in [0, 0.1) is 0 Å². The van der Waals surface area contributed by atoms with Gasteiger partial charge in [-0.15, -0.1) is 0 Å². The van der Waals surface area contributed by atoms with E-state index in [9.17, 15) is 9.90 Å². The van der Waals surface area contributed by atoms with Gasteiger partial charge in [0.1, 0.15) is 11.5 Å². The number of phenolic OH excluding ortho intramolecular Hbond substituents is 1. The molecule has 1 N–H and O–H groups in total. The van der Waals surface area contributed by atoms with E-state index in [1.54, 1.807) is 30.3 Å². The smallest absolute Gasteiger partial charge is 0.189 e. The molecule has 0 fully saturated rings. The van der Waals surface area contributed by atoms with Crippen LogP contribution >= 0.6 is 27.5 Å². The first-order chi connectivity index (χ1) is 11.0. The van der Waals surface area contributed by atoms with Gasteiger partial charge in [0.2, 0.25) is 0 Å². The Labute approximate surface area is 146 Å². The zero-order valence-corrected chi connectivity index (χ0v) is 14.2. The van der Waals surface area contributed by atoms with Crippen molar-refractivity contribution in [1.29, 1.82) is 0 Å². The first-order valence-electron chi connectivity index (χ1n) is 6.78. The standard InChI is InChI=1S/C17H12BrClO4/c18-12-2-4-16(21)14(7-12)15(20)3-1-10-5-13(19)6-11-8-22-9-23-17(10)11/h1-7,21H,8-9H2. The second-order valence-corrected chi connectivity index (χ2v) is 6.31. The highest BCUT2D eigenvalue weighted by atomic mass is 79.9. The number of hydrogen-bond acceptors (Lipinski definition) is 4. The Hall–Kier alpha value is -1.82. The molecule has 3 rings (SSSR count). The van der Waals surface area contributed by atoms with Gasteiger partial charge in [0, 0.05) is 20.6 Å². The normalized spacial score (nSPS) is 13.7. The molecule has 0 aliphatic carbocycles. The molecule has 118 valence electrons. The molecule has 2 aromatic carbocycles. The monoisotopic (exact) mass is 394 g/mol. The van der Waals surface area contributed by atoms with Gasteiger partial charge in [-0.1, -0.05) is 27.5 Å². The van der Waals surface area contributed by atoms with Crippen LogP contribution < -0.4 is 4.74 Å². The largest absolute Gasteiger partial charge is 0.507 e. The number of aromatic hydroxyl groups is 1. The Morgan fingerprint density at radius 1 is 1.30 bits per heavy atom. The van der Waals surface area contributed by atoms with Gasteiger partial charge < -0.3 is 14.6 Å². The highest BCUT2D eigenvalue weighted by Crippen LogP contribution is 2.32. The van der Waals surface area contributed by atoms with E-state index in [4.69, 9.17) is 21.1 Å². The molecular weight excluding hydrogens is 384 g/mol. The van der Waals surface area contributed by atoms with Crippen molar-refractivity contribution in [2.75, 3.05) is 6.79 Å². The van der Waals surface area contributed by atoms with Crippen molar-refractivity contribution >= 4 is 39.4 Å². The first-order valence-corrected chi connectivity index (χ1v) is 7.95. The molecule has 0 atom stereocenters. The molecule has 0 saturated heterocycles. The summed E-state index contributed by atoms with van der Waals surface area (Å²) in [6.07, 6.45) is 3.00. The van der Waals surface area contributed by atoms with Crippen molar-refractivity contribution in [3.05, 3.63) is 62.6 Å². The highest BCUT2D eigenvalue weighted by molar-refractivity contribution is 9.10. The van der Waals surface area contributed by atoms with Crippen LogP contribution in [0.25, 0.3) is 6.08 Å². The number of phenols is 1. The van der Waals surface area contributed by atoms with Crippen molar-refractivity contribution in [3.63, 3.8) is 0 Å². The lowest BCUT2D eigenvalue weighted by atomic mass is 10.1. The molecule has 0 saturated carbocycles. The third kappa shape index (κ3) is 3.58. The molecule has 0 spiro atoms. The van der Waals surface area contributed by atoms with Crippen molar-refractivity contribution in [2.45, 2.75) is 6.61 Å². The lowest BCUT2D eigenvalue weighted by molar-refractivity contribution is -0.0165. The van der Waals surface area contributed by atoms with Gasteiger partial charge in [-0.3, -0.25) is 4.79 Å². The summed E-state index contributed by atoms with van der Waals surface area (Å²) in [4.78, 5) is 12.3. The number of benzene rings is 2. The Morgan fingerprint density at radius 2 is 2.13 bits per heavy atom. The van der Waals surface area contributed by atoms with Gasteiger partial charge in [0.15, 0.2) is 12.6 Å². The summed E-state index contributed by atoms with van der Waals surface area (Å²) < 4.78 is 11.4. The second-order valence-electron chi connectivity index (χ2n) is 4.95. The van der Waals surface area contributed by atoms with Gasteiger partial charge in [0.05, 0.1) is 12.2 Å². The number of carbonyl (C=O) groups is 1. The molecule has 6 heteroatoms. The molecule has 1 heterocycles. The van der Waals surface area contributed by atoms with Crippen molar-refractivity contribution < 1.29 is 19.4 Å². The van der Waals surface area contributed by atoms with Crippen LogP contribution in [0.3, 0.4) is 0 Å². The number of carbonyl (C=O) groups excluding carboxylic acids is 1. The summed E-state index contributed by atoms with van der Waals surface area (Å²) in [6, 6.07) is 8.19. The number of hydrogen-bond donors (Lipinski definition) is 1. The van der Waals surface area contributed by atoms with Gasteiger partial charge >= 0.3 is 0 Å². The number of ketones is 1. The minimum absolute atomic E-state index is 0.0689. The van der Waals surface area contributed by atoms with Gasteiger partial charge in [-0.05, 0) is 42.5 Å². The Morgan fingerprint density at radius 3 is 2.96 bits per heavy atom. The van der Waals surface area contributed by atoms with E-state index in [0.29, 0.717) is 27.4 Å². The molecule has 0 bridgehead atoms. The number of fused-ring (bicyclic) bond motifs is 1. The number of allylic oxidation sites excluding steroid dienone is 1. The maximum absolute atomic E-state index is 12.3. The number of halogens is 2. The van der Waals surface area contributed by atoms with Crippen molar-refractivity contribution in [1.82, 2.24) is 0 Å². The van der Waals surface area contributed by atoms with Crippen LogP contribution in [0.1, 0.15) is 21.5 Å². The summed E-state index contributed by atoms with van der Waals surface area (Å²) in [7, 11) is 0. The molecule has 0 aromatic heterocycles.